The van der Waals surface area contributed by atoms with E-state index in [9.17, 15) is 8.42 Å². The highest BCUT2D eigenvalue weighted by Crippen LogP contribution is 2.25. The zero-order valence-electron chi connectivity index (χ0n) is 7.97. The molecule has 0 N–H and O–H groups in total. The summed E-state index contributed by atoms with van der Waals surface area (Å²) in [5.74, 6) is 0. The van der Waals surface area contributed by atoms with Gasteiger partial charge in [0.05, 0.1) is 6.04 Å². The van der Waals surface area contributed by atoms with Crippen molar-refractivity contribution >= 4 is 37.3 Å². The van der Waals surface area contributed by atoms with Crippen LogP contribution in [-0.2, 0) is 10.0 Å². The minimum Gasteiger partial charge on any atom is -0.211 e. The molecule has 0 aliphatic carbocycles. The van der Waals surface area contributed by atoms with Crippen LogP contribution in [-0.4, -0.2) is 24.4 Å². The first kappa shape index (κ1) is 12.2. The monoisotopic (exact) mass is 297 g/mol. The van der Waals surface area contributed by atoms with Gasteiger partial charge in [0.15, 0.2) is 0 Å². The molecule has 0 aromatic carbocycles. The van der Waals surface area contributed by atoms with E-state index in [0.717, 1.165) is 4.88 Å². The zero-order chi connectivity index (χ0) is 10.8. The Morgan fingerprint density at radius 2 is 2.29 bits per heavy atom. The number of alkyl halides is 1. The van der Waals surface area contributed by atoms with E-state index < -0.39 is 10.0 Å². The summed E-state index contributed by atoms with van der Waals surface area (Å²) in [6, 6.07) is 3.76. The molecule has 1 aromatic heterocycles. The summed E-state index contributed by atoms with van der Waals surface area (Å²) >= 11 is 4.54. The van der Waals surface area contributed by atoms with Gasteiger partial charge in [-0.05, 0) is 18.4 Å². The Morgan fingerprint density at radius 1 is 1.64 bits per heavy atom. The lowest BCUT2D eigenvalue weighted by Gasteiger charge is -2.22. The van der Waals surface area contributed by atoms with Gasteiger partial charge in [0.25, 0.3) is 0 Å². The standard InChI is InChI=1S/C8H12BrNO2S2/c1-7(8-4-3-5-13-8)10(2)14(11,12)6-9/h3-5,7H,6H2,1-2H3. The number of nitrogens with zero attached hydrogens (tertiary/aromatic N) is 1. The van der Waals surface area contributed by atoms with E-state index in [1.165, 1.54) is 4.31 Å². The highest BCUT2D eigenvalue weighted by Gasteiger charge is 2.23. The normalized spacial score (nSPS) is 14.6. The molecule has 0 saturated carbocycles. The average Bonchev–Trinajstić information content (AvgIpc) is 2.68. The number of thiophene rings is 1. The maximum atomic E-state index is 11.5. The first-order chi connectivity index (χ1) is 6.49. The topological polar surface area (TPSA) is 37.4 Å². The van der Waals surface area contributed by atoms with Gasteiger partial charge in [-0.1, -0.05) is 22.0 Å². The van der Waals surface area contributed by atoms with E-state index in [4.69, 9.17) is 0 Å². The molecule has 0 fully saturated rings. The van der Waals surface area contributed by atoms with Gasteiger partial charge in [-0.25, -0.2) is 8.42 Å². The fourth-order valence-electron chi connectivity index (χ4n) is 1.03. The smallest absolute Gasteiger partial charge is 0.211 e. The summed E-state index contributed by atoms with van der Waals surface area (Å²) in [5.41, 5.74) is 0. The van der Waals surface area contributed by atoms with Crippen LogP contribution in [0.15, 0.2) is 17.5 Å². The third-order valence-electron chi connectivity index (χ3n) is 2.08. The molecule has 0 saturated heterocycles. The van der Waals surface area contributed by atoms with Crippen LogP contribution in [0.2, 0.25) is 0 Å². The molecule has 0 spiro atoms. The van der Waals surface area contributed by atoms with Crippen molar-refractivity contribution in [3.8, 4) is 0 Å². The maximum Gasteiger partial charge on any atom is 0.224 e. The van der Waals surface area contributed by atoms with Crippen LogP contribution in [0.1, 0.15) is 17.8 Å². The Labute approximate surface area is 96.9 Å². The summed E-state index contributed by atoms with van der Waals surface area (Å²) in [4.78, 5) is 1.05. The second-order valence-corrected chi connectivity index (χ2v) is 7.24. The fraction of sp³-hybridized carbons (Fsp3) is 0.500. The van der Waals surface area contributed by atoms with Gasteiger partial charge in [0.1, 0.15) is 4.66 Å². The molecule has 0 amide bonds. The van der Waals surface area contributed by atoms with Crippen molar-refractivity contribution in [3.05, 3.63) is 22.4 Å². The van der Waals surface area contributed by atoms with Crippen molar-refractivity contribution in [1.29, 1.82) is 0 Å². The molecule has 1 atom stereocenters. The Balaban J connectivity index is 2.86. The van der Waals surface area contributed by atoms with Crippen LogP contribution in [0, 0.1) is 0 Å². The molecule has 1 heterocycles. The lowest BCUT2D eigenvalue weighted by molar-refractivity contribution is 0.406. The van der Waals surface area contributed by atoms with E-state index in [-0.39, 0.29) is 10.7 Å². The summed E-state index contributed by atoms with van der Waals surface area (Å²) in [5, 5.41) is 1.94. The first-order valence-electron chi connectivity index (χ1n) is 4.04. The zero-order valence-corrected chi connectivity index (χ0v) is 11.2. The van der Waals surface area contributed by atoms with E-state index in [1.807, 2.05) is 24.4 Å². The lowest BCUT2D eigenvalue weighted by atomic mass is 10.3. The molecule has 0 radical (unpaired) electrons. The molecule has 1 unspecified atom stereocenters. The van der Waals surface area contributed by atoms with Crippen LogP contribution >= 0.6 is 27.3 Å². The van der Waals surface area contributed by atoms with Gasteiger partial charge in [-0.15, -0.1) is 11.3 Å². The van der Waals surface area contributed by atoms with Crippen molar-refractivity contribution in [1.82, 2.24) is 4.31 Å². The second-order valence-electron chi connectivity index (χ2n) is 2.93. The second kappa shape index (κ2) is 4.74. The van der Waals surface area contributed by atoms with Gasteiger partial charge >= 0.3 is 0 Å². The fourth-order valence-corrected chi connectivity index (χ4v) is 3.64. The highest BCUT2D eigenvalue weighted by atomic mass is 79.9. The van der Waals surface area contributed by atoms with Crippen molar-refractivity contribution in [3.63, 3.8) is 0 Å². The molecule has 0 aliphatic rings. The van der Waals surface area contributed by atoms with Gasteiger partial charge in [-0.2, -0.15) is 4.31 Å². The third-order valence-corrected chi connectivity index (χ3v) is 6.32. The molecule has 3 nitrogen and oxygen atoms in total. The molecule has 0 bridgehead atoms. The Morgan fingerprint density at radius 3 is 2.71 bits per heavy atom. The average molecular weight is 298 g/mol. The van der Waals surface area contributed by atoms with Crippen molar-refractivity contribution in [2.45, 2.75) is 13.0 Å². The van der Waals surface area contributed by atoms with E-state index in [1.54, 1.807) is 18.4 Å². The SMILES string of the molecule is CC(c1cccs1)N(C)S(=O)(=O)CBr. The van der Waals surface area contributed by atoms with Crippen molar-refractivity contribution in [2.24, 2.45) is 0 Å². The largest absolute Gasteiger partial charge is 0.224 e. The van der Waals surface area contributed by atoms with Crippen molar-refractivity contribution < 1.29 is 8.42 Å². The number of rotatable bonds is 4. The maximum absolute atomic E-state index is 11.5. The molecule has 6 heteroatoms. The minimum atomic E-state index is -3.17. The van der Waals surface area contributed by atoms with Gasteiger partial charge in [0, 0.05) is 11.9 Å². The van der Waals surface area contributed by atoms with Crippen LogP contribution in [0.25, 0.3) is 0 Å². The third kappa shape index (κ3) is 2.56. The number of hydrogen-bond acceptors (Lipinski definition) is 3. The Kier molecular flexibility index (Phi) is 4.12. The first-order valence-corrected chi connectivity index (χ1v) is 7.65. The predicted octanol–water partition coefficient (Wildman–Crippen LogP) is 2.42. The van der Waals surface area contributed by atoms with E-state index in [2.05, 4.69) is 15.9 Å². The number of halogens is 1. The van der Waals surface area contributed by atoms with Gasteiger partial charge in [-0.3, -0.25) is 0 Å². The molecule has 14 heavy (non-hydrogen) atoms. The van der Waals surface area contributed by atoms with Crippen LogP contribution < -0.4 is 0 Å². The van der Waals surface area contributed by atoms with Crippen molar-refractivity contribution in [2.75, 3.05) is 11.7 Å². The Bertz CT molecular complexity index is 374. The molecule has 80 valence electrons. The van der Waals surface area contributed by atoms with Gasteiger partial charge < -0.3 is 0 Å². The highest BCUT2D eigenvalue weighted by molar-refractivity contribution is 9.10. The van der Waals surface area contributed by atoms with E-state index in [0.29, 0.717) is 0 Å². The quantitative estimate of drug-likeness (QED) is 0.801. The van der Waals surface area contributed by atoms with Crippen LogP contribution in [0.4, 0.5) is 0 Å². The molecule has 1 aromatic rings. The summed E-state index contributed by atoms with van der Waals surface area (Å²) in [6.45, 7) is 1.88. The van der Waals surface area contributed by atoms with Gasteiger partial charge in [0.2, 0.25) is 10.0 Å². The number of sulfonamides is 1. The molecular weight excluding hydrogens is 286 g/mol. The number of hydrogen-bond donors (Lipinski definition) is 0. The van der Waals surface area contributed by atoms with Crippen LogP contribution in [0.5, 0.6) is 0 Å². The minimum absolute atomic E-state index is 0.0355. The van der Waals surface area contributed by atoms with Crippen LogP contribution in [0.3, 0.4) is 0 Å². The van der Waals surface area contributed by atoms with E-state index >= 15 is 0 Å². The molecule has 0 aliphatic heterocycles. The summed E-state index contributed by atoms with van der Waals surface area (Å²) in [7, 11) is -1.57. The molecule has 1 rings (SSSR count). The lowest BCUT2D eigenvalue weighted by Crippen LogP contribution is -2.29. The predicted molar refractivity (Wildman–Crippen MR) is 63.2 cm³/mol. The summed E-state index contributed by atoms with van der Waals surface area (Å²) in [6.07, 6.45) is 0. The summed E-state index contributed by atoms with van der Waals surface area (Å²) < 4.78 is 24.4. The molecular formula is C8H12BrNO2S2. The Hall–Kier alpha value is 0.0900.